The van der Waals surface area contributed by atoms with Gasteiger partial charge in [-0.3, -0.25) is 0 Å². The molecule has 5 nitrogen and oxygen atoms in total. The van der Waals surface area contributed by atoms with Crippen molar-refractivity contribution in [3.63, 3.8) is 0 Å². The zero-order chi connectivity index (χ0) is 14.5. The lowest BCUT2D eigenvalue weighted by molar-refractivity contribution is -0.111. The molecule has 1 aliphatic heterocycles. The van der Waals surface area contributed by atoms with Crippen LogP contribution in [0, 0.1) is 5.92 Å². The molecular weight excluding hydrogens is 244 g/mol. The monoisotopic (exact) mass is 270 g/mol. The van der Waals surface area contributed by atoms with Crippen molar-refractivity contribution >= 4 is 12.4 Å². The van der Waals surface area contributed by atoms with Crippen LogP contribution in [0.15, 0.2) is 0 Å². The molecule has 5 heteroatoms. The third-order valence-corrected chi connectivity index (χ3v) is 3.02. The standard InChI is InChI=1S/C14H26N2O3/c1-12(11-17)10-15-6-5-7-16(9-8-15)13(18)19-14(2,3)4/h11-12H,5-10H2,1-4H3. The Bertz CT molecular complexity index is 312. The van der Waals surface area contributed by atoms with Crippen molar-refractivity contribution in [2.24, 2.45) is 5.92 Å². The molecule has 1 saturated heterocycles. The van der Waals surface area contributed by atoms with E-state index < -0.39 is 5.60 Å². The number of carbonyl (C=O) groups is 2. The Hall–Kier alpha value is -1.10. The summed E-state index contributed by atoms with van der Waals surface area (Å²) in [6.07, 6.45) is 1.67. The summed E-state index contributed by atoms with van der Waals surface area (Å²) in [4.78, 5) is 26.7. The molecule has 0 bridgehead atoms. The van der Waals surface area contributed by atoms with Crippen molar-refractivity contribution in [2.45, 2.75) is 39.7 Å². The van der Waals surface area contributed by atoms with Crippen molar-refractivity contribution in [1.29, 1.82) is 0 Å². The van der Waals surface area contributed by atoms with Crippen LogP contribution in [0.5, 0.6) is 0 Å². The van der Waals surface area contributed by atoms with E-state index >= 15 is 0 Å². The molecule has 0 saturated carbocycles. The van der Waals surface area contributed by atoms with Crippen molar-refractivity contribution in [1.82, 2.24) is 9.80 Å². The maximum atomic E-state index is 12.0. The SMILES string of the molecule is CC(C=O)CN1CCCN(C(=O)OC(C)(C)C)CC1. The van der Waals surface area contributed by atoms with Gasteiger partial charge >= 0.3 is 6.09 Å². The highest BCUT2D eigenvalue weighted by Gasteiger charge is 2.24. The minimum atomic E-state index is -0.449. The first-order chi connectivity index (χ1) is 8.81. The summed E-state index contributed by atoms with van der Waals surface area (Å²) in [6.45, 7) is 11.4. The highest BCUT2D eigenvalue weighted by Crippen LogP contribution is 2.12. The van der Waals surface area contributed by atoms with Gasteiger partial charge in [0.25, 0.3) is 0 Å². The third-order valence-electron chi connectivity index (χ3n) is 3.02. The fourth-order valence-electron chi connectivity index (χ4n) is 2.11. The van der Waals surface area contributed by atoms with Gasteiger partial charge in [-0.05, 0) is 33.7 Å². The molecule has 0 aromatic rings. The Balaban J connectivity index is 2.45. The van der Waals surface area contributed by atoms with Gasteiger partial charge in [0, 0.05) is 32.1 Å². The van der Waals surface area contributed by atoms with Gasteiger partial charge in [0.05, 0.1) is 0 Å². The zero-order valence-corrected chi connectivity index (χ0v) is 12.5. The Morgan fingerprint density at radius 2 is 1.95 bits per heavy atom. The van der Waals surface area contributed by atoms with Crippen LogP contribution in [0.25, 0.3) is 0 Å². The minimum Gasteiger partial charge on any atom is -0.444 e. The summed E-state index contributed by atoms with van der Waals surface area (Å²) >= 11 is 0. The third kappa shape index (κ3) is 6.05. The summed E-state index contributed by atoms with van der Waals surface area (Å²) in [5.41, 5.74) is -0.449. The van der Waals surface area contributed by atoms with Gasteiger partial charge in [0.1, 0.15) is 11.9 Å². The molecule has 1 unspecified atom stereocenters. The van der Waals surface area contributed by atoms with Gasteiger partial charge < -0.3 is 19.3 Å². The molecule has 1 rings (SSSR count). The topological polar surface area (TPSA) is 49.9 Å². The second-order valence-corrected chi connectivity index (χ2v) is 6.23. The maximum Gasteiger partial charge on any atom is 0.410 e. The minimum absolute atomic E-state index is 0.0491. The second-order valence-electron chi connectivity index (χ2n) is 6.23. The molecular formula is C14H26N2O3. The van der Waals surface area contributed by atoms with Crippen molar-refractivity contribution < 1.29 is 14.3 Å². The van der Waals surface area contributed by atoms with Gasteiger partial charge in [-0.1, -0.05) is 6.92 Å². The van der Waals surface area contributed by atoms with Crippen LogP contribution in [0.1, 0.15) is 34.1 Å². The molecule has 0 radical (unpaired) electrons. The number of hydrogen-bond donors (Lipinski definition) is 0. The molecule has 0 aromatic heterocycles. The predicted molar refractivity (Wildman–Crippen MR) is 74.1 cm³/mol. The highest BCUT2D eigenvalue weighted by atomic mass is 16.6. The first kappa shape index (κ1) is 16.0. The molecule has 0 N–H and O–H groups in total. The molecule has 1 atom stereocenters. The predicted octanol–water partition coefficient (Wildman–Crippen LogP) is 1.76. The average molecular weight is 270 g/mol. The van der Waals surface area contributed by atoms with Gasteiger partial charge in [0.2, 0.25) is 0 Å². The van der Waals surface area contributed by atoms with Crippen molar-refractivity contribution in [2.75, 3.05) is 32.7 Å². The molecule has 110 valence electrons. The Labute approximate surface area is 115 Å². The lowest BCUT2D eigenvalue weighted by atomic mass is 10.2. The Morgan fingerprint density at radius 3 is 2.53 bits per heavy atom. The molecule has 1 heterocycles. The summed E-state index contributed by atoms with van der Waals surface area (Å²) < 4.78 is 5.38. The van der Waals surface area contributed by atoms with E-state index in [9.17, 15) is 9.59 Å². The molecule has 1 aliphatic rings. The van der Waals surface area contributed by atoms with Crippen LogP contribution < -0.4 is 0 Å². The van der Waals surface area contributed by atoms with Crippen molar-refractivity contribution in [3.8, 4) is 0 Å². The van der Waals surface area contributed by atoms with Gasteiger partial charge in [-0.25, -0.2) is 4.79 Å². The summed E-state index contributed by atoms with van der Waals surface area (Å²) in [5, 5.41) is 0. The van der Waals surface area contributed by atoms with Crippen LogP contribution in [0.3, 0.4) is 0 Å². The first-order valence-electron chi connectivity index (χ1n) is 6.97. The van der Waals surface area contributed by atoms with E-state index in [1.54, 1.807) is 4.90 Å². The normalized spacial score (nSPS) is 19.7. The zero-order valence-electron chi connectivity index (χ0n) is 12.5. The largest absolute Gasteiger partial charge is 0.444 e. The van der Waals surface area contributed by atoms with E-state index in [1.165, 1.54) is 0 Å². The van der Waals surface area contributed by atoms with E-state index in [0.29, 0.717) is 6.54 Å². The average Bonchev–Trinajstić information content (AvgIpc) is 2.52. The van der Waals surface area contributed by atoms with Gasteiger partial charge in [-0.15, -0.1) is 0 Å². The number of rotatable bonds is 3. The van der Waals surface area contributed by atoms with E-state index in [2.05, 4.69) is 4.90 Å². The number of ether oxygens (including phenoxy) is 1. The number of amides is 1. The van der Waals surface area contributed by atoms with Crippen LogP contribution >= 0.6 is 0 Å². The number of hydrogen-bond acceptors (Lipinski definition) is 4. The van der Waals surface area contributed by atoms with E-state index in [-0.39, 0.29) is 12.0 Å². The lowest BCUT2D eigenvalue weighted by Gasteiger charge is -2.26. The maximum absolute atomic E-state index is 12.0. The van der Waals surface area contributed by atoms with E-state index in [1.807, 2.05) is 27.7 Å². The smallest absolute Gasteiger partial charge is 0.410 e. The summed E-state index contributed by atoms with van der Waals surface area (Å²) in [6, 6.07) is 0. The first-order valence-corrected chi connectivity index (χ1v) is 6.97. The van der Waals surface area contributed by atoms with Gasteiger partial charge in [-0.2, -0.15) is 0 Å². The Morgan fingerprint density at radius 1 is 1.26 bits per heavy atom. The van der Waals surface area contributed by atoms with E-state index in [4.69, 9.17) is 4.74 Å². The quantitative estimate of drug-likeness (QED) is 0.733. The molecule has 1 fully saturated rings. The van der Waals surface area contributed by atoms with Crippen LogP contribution in [0.2, 0.25) is 0 Å². The summed E-state index contributed by atoms with van der Waals surface area (Å²) in [7, 11) is 0. The van der Waals surface area contributed by atoms with Crippen LogP contribution in [-0.4, -0.2) is 60.5 Å². The van der Waals surface area contributed by atoms with Crippen LogP contribution in [-0.2, 0) is 9.53 Å². The number of nitrogens with zero attached hydrogens (tertiary/aromatic N) is 2. The molecule has 1 amide bonds. The summed E-state index contributed by atoms with van der Waals surface area (Å²) in [5.74, 6) is 0.0491. The number of carbonyl (C=O) groups excluding carboxylic acids is 2. The Kier molecular flexibility index (Phi) is 5.79. The fourth-order valence-corrected chi connectivity index (χ4v) is 2.11. The van der Waals surface area contributed by atoms with Crippen molar-refractivity contribution in [3.05, 3.63) is 0 Å². The van der Waals surface area contributed by atoms with E-state index in [0.717, 1.165) is 38.9 Å². The van der Waals surface area contributed by atoms with Gasteiger partial charge in [0.15, 0.2) is 0 Å². The highest BCUT2D eigenvalue weighted by molar-refractivity contribution is 5.68. The fraction of sp³-hybridized carbons (Fsp3) is 0.857. The van der Waals surface area contributed by atoms with Crippen LogP contribution in [0.4, 0.5) is 4.79 Å². The molecule has 19 heavy (non-hydrogen) atoms. The molecule has 0 aliphatic carbocycles. The molecule has 0 aromatic carbocycles. The molecule has 0 spiro atoms. The second kappa shape index (κ2) is 6.89. The number of aldehydes is 1. The lowest BCUT2D eigenvalue weighted by Crippen LogP contribution is -2.39.